The Bertz CT molecular complexity index is 283. The monoisotopic (exact) mass is 182 g/mol. The van der Waals surface area contributed by atoms with Gasteiger partial charge < -0.3 is 5.11 Å². The quantitative estimate of drug-likeness (QED) is 0.635. The van der Waals surface area contributed by atoms with E-state index in [-0.39, 0.29) is 31.0 Å². The van der Waals surface area contributed by atoms with Crippen LogP contribution in [-0.2, 0) is 9.59 Å². The van der Waals surface area contributed by atoms with E-state index in [9.17, 15) is 9.59 Å². The molecule has 1 N–H and O–H groups in total. The average Bonchev–Trinajstić information content (AvgIpc) is 2.08. The van der Waals surface area contributed by atoms with Crippen LogP contribution in [0.2, 0.25) is 0 Å². The van der Waals surface area contributed by atoms with Crippen molar-refractivity contribution in [3.05, 3.63) is 12.7 Å². The Labute approximate surface area is 75.3 Å². The molecule has 0 fully saturated rings. The normalized spacial score (nSPS) is 16.8. The fraction of sp³-hybridized carbons (Fsp3) is 0.375. The molecule has 13 heavy (non-hydrogen) atoms. The standard InChI is InChI=1S/C8H10N2O3/c1-2-5-10-7(11)4-3-6(9-10)8(12)13/h2H,1,3-5H2,(H,12,13). The number of carbonyl (C=O) groups is 2. The number of aliphatic carboxylic acids is 1. The van der Waals surface area contributed by atoms with Crippen LogP contribution in [0.4, 0.5) is 0 Å². The Balaban J connectivity index is 2.80. The largest absolute Gasteiger partial charge is 0.477 e. The van der Waals surface area contributed by atoms with Crippen LogP contribution in [0.25, 0.3) is 0 Å². The minimum absolute atomic E-state index is 0.0291. The highest BCUT2D eigenvalue weighted by Crippen LogP contribution is 2.08. The number of hydrazone groups is 1. The lowest BCUT2D eigenvalue weighted by Gasteiger charge is -2.20. The molecule has 0 bridgehead atoms. The van der Waals surface area contributed by atoms with E-state index in [1.165, 1.54) is 6.08 Å². The first-order valence-electron chi connectivity index (χ1n) is 3.87. The zero-order valence-corrected chi connectivity index (χ0v) is 7.06. The van der Waals surface area contributed by atoms with Gasteiger partial charge >= 0.3 is 5.97 Å². The topological polar surface area (TPSA) is 70.0 Å². The van der Waals surface area contributed by atoms with Crippen LogP contribution in [0.1, 0.15) is 12.8 Å². The molecule has 0 aromatic carbocycles. The highest BCUT2D eigenvalue weighted by Gasteiger charge is 2.22. The van der Waals surface area contributed by atoms with E-state index >= 15 is 0 Å². The lowest BCUT2D eigenvalue weighted by atomic mass is 10.2. The van der Waals surface area contributed by atoms with E-state index in [4.69, 9.17) is 5.11 Å². The van der Waals surface area contributed by atoms with Gasteiger partial charge in [-0.3, -0.25) is 4.79 Å². The second-order valence-corrected chi connectivity index (χ2v) is 2.62. The molecular weight excluding hydrogens is 172 g/mol. The minimum atomic E-state index is -1.07. The van der Waals surface area contributed by atoms with E-state index in [1.807, 2.05) is 0 Å². The number of nitrogens with zero attached hydrogens (tertiary/aromatic N) is 2. The van der Waals surface area contributed by atoms with Gasteiger partial charge in [0.1, 0.15) is 5.71 Å². The van der Waals surface area contributed by atoms with Gasteiger partial charge in [-0.1, -0.05) is 6.08 Å². The third-order valence-electron chi connectivity index (χ3n) is 1.65. The summed E-state index contributed by atoms with van der Waals surface area (Å²) < 4.78 is 0. The highest BCUT2D eigenvalue weighted by atomic mass is 16.4. The fourth-order valence-corrected chi connectivity index (χ4v) is 1.02. The maximum absolute atomic E-state index is 11.1. The van der Waals surface area contributed by atoms with Crippen molar-refractivity contribution in [2.75, 3.05) is 6.54 Å². The van der Waals surface area contributed by atoms with Crippen molar-refractivity contribution >= 4 is 17.6 Å². The van der Waals surface area contributed by atoms with Gasteiger partial charge in [-0.25, -0.2) is 9.80 Å². The van der Waals surface area contributed by atoms with Crippen LogP contribution >= 0.6 is 0 Å². The van der Waals surface area contributed by atoms with Crippen molar-refractivity contribution in [2.45, 2.75) is 12.8 Å². The predicted molar refractivity (Wildman–Crippen MR) is 46.2 cm³/mol. The molecule has 1 aliphatic rings. The van der Waals surface area contributed by atoms with Crippen molar-refractivity contribution in [1.82, 2.24) is 5.01 Å². The second-order valence-electron chi connectivity index (χ2n) is 2.62. The Hall–Kier alpha value is -1.65. The number of hydrogen-bond donors (Lipinski definition) is 1. The van der Waals surface area contributed by atoms with Crippen molar-refractivity contribution in [3.8, 4) is 0 Å². The third-order valence-corrected chi connectivity index (χ3v) is 1.65. The van der Waals surface area contributed by atoms with Crippen LogP contribution in [0.15, 0.2) is 17.8 Å². The van der Waals surface area contributed by atoms with Crippen molar-refractivity contribution in [2.24, 2.45) is 5.10 Å². The molecule has 1 heterocycles. The summed E-state index contributed by atoms with van der Waals surface area (Å²) in [6.07, 6.45) is 1.92. The van der Waals surface area contributed by atoms with Gasteiger partial charge in [0.25, 0.3) is 0 Å². The molecule has 5 nitrogen and oxygen atoms in total. The Kier molecular flexibility index (Phi) is 2.79. The van der Waals surface area contributed by atoms with Crippen LogP contribution in [-0.4, -0.2) is 34.2 Å². The molecular formula is C8H10N2O3. The summed E-state index contributed by atoms with van der Waals surface area (Å²) in [4.78, 5) is 21.6. The second kappa shape index (κ2) is 3.84. The molecule has 0 spiro atoms. The SMILES string of the molecule is C=CCN1N=C(C(=O)O)CCC1=O. The summed E-state index contributed by atoms with van der Waals surface area (Å²) in [6, 6.07) is 0. The Morgan fingerprint density at radius 2 is 2.38 bits per heavy atom. The number of carboxylic acids is 1. The number of rotatable bonds is 3. The van der Waals surface area contributed by atoms with Crippen molar-refractivity contribution in [1.29, 1.82) is 0 Å². The first kappa shape index (κ1) is 9.44. The van der Waals surface area contributed by atoms with Gasteiger partial charge in [0.05, 0.1) is 6.54 Å². The zero-order chi connectivity index (χ0) is 9.84. The maximum Gasteiger partial charge on any atom is 0.352 e. The van der Waals surface area contributed by atoms with Crippen molar-refractivity contribution < 1.29 is 14.7 Å². The molecule has 1 amide bonds. The summed E-state index contributed by atoms with van der Waals surface area (Å²) in [6.45, 7) is 3.71. The molecule has 0 atom stereocenters. The van der Waals surface area contributed by atoms with E-state index in [0.29, 0.717) is 0 Å². The van der Waals surface area contributed by atoms with Gasteiger partial charge in [0.15, 0.2) is 0 Å². The zero-order valence-electron chi connectivity index (χ0n) is 7.06. The summed E-state index contributed by atoms with van der Waals surface area (Å²) in [5.74, 6) is -1.23. The first-order valence-corrected chi connectivity index (χ1v) is 3.87. The molecule has 0 unspecified atom stereocenters. The Morgan fingerprint density at radius 1 is 1.69 bits per heavy atom. The molecule has 5 heteroatoms. The van der Waals surface area contributed by atoms with Crippen molar-refractivity contribution in [3.63, 3.8) is 0 Å². The van der Waals surface area contributed by atoms with Gasteiger partial charge in [-0.05, 0) is 0 Å². The molecule has 0 saturated heterocycles. The van der Waals surface area contributed by atoms with E-state index in [2.05, 4.69) is 11.7 Å². The lowest BCUT2D eigenvalue weighted by molar-refractivity contribution is -0.132. The average molecular weight is 182 g/mol. The van der Waals surface area contributed by atoms with Crippen LogP contribution < -0.4 is 0 Å². The van der Waals surface area contributed by atoms with Crippen LogP contribution in [0, 0.1) is 0 Å². The maximum atomic E-state index is 11.1. The summed E-state index contributed by atoms with van der Waals surface area (Å²) in [7, 11) is 0. The molecule has 0 aromatic heterocycles. The smallest absolute Gasteiger partial charge is 0.352 e. The molecule has 0 aromatic rings. The number of carboxylic acid groups (broad SMARTS) is 1. The predicted octanol–water partition coefficient (Wildman–Crippen LogP) is 0.235. The molecule has 0 aliphatic carbocycles. The molecule has 0 radical (unpaired) electrons. The molecule has 1 aliphatic heterocycles. The van der Waals surface area contributed by atoms with E-state index in [1.54, 1.807) is 0 Å². The third kappa shape index (κ3) is 2.14. The van der Waals surface area contributed by atoms with Gasteiger partial charge in [0, 0.05) is 12.8 Å². The van der Waals surface area contributed by atoms with Gasteiger partial charge in [-0.2, -0.15) is 5.10 Å². The lowest BCUT2D eigenvalue weighted by Crippen LogP contribution is -2.34. The molecule has 0 saturated carbocycles. The Morgan fingerprint density at radius 3 is 2.92 bits per heavy atom. The highest BCUT2D eigenvalue weighted by molar-refractivity contribution is 6.36. The van der Waals surface area contributed by atoms with E-state index < -0.39 is 5.97 Å². The number of carbonyl (C=O) groups excluding carboxylic acids is 1. The van der Waals surface area contributed by atoms with Gasteiger partial charge in [0.2, 0.25) is 5.91 Å². The summed E-state index contributed by atoms with van der Waals surface area (Å²) in [5, 5.41) is 13.4. The number of amides is 1. The van der Waals surface area contributed by atoms with E-state index in [0.717, 1.165) is 5.01 Å². The first-order chi connectivity index (χ1) is 6.15. The fourth-order valence-electron chi connectivity index (χ4n) is 1.02. The summed E-state index contributed by atoms with van der Waals surface area (Å²) in [5.41, 5.74) is 0.0291. The van der Waals surface area contributed by atoms with Gasteiger partial charge in [-0.15, -0.1) is 6.58 Å². The molecule has 70 valence electrons. The van der Waals surface area contributed by atoms with Crippen LogP contribution in [0.5, 0.6) is 0 Å². The minimum Gasteiger partial charge on any atom is -0.477 e. The number of hydrogen-bond acceptors (Lipinski definition) is 3. The van der Waals surface area contributed by atoms with Crippen LogP contribution in [0.3, 0.4) is 0 Å². The molecule has 1 rings (SSSR count). The summed E-state index contributed by atoms with van der Waals surface area (Å²) >= 11 is 0.